The second kappa shape index (κ2) is 5.48. The molecule has 1 N–H and O–H groups in total. The molecule has 3 aromatic rings. The normalized spacial score (nSPS) is 16.3. The molecule has 5 nitrogen and oxygen atoms in total. The number of tetrazole rings is 1. The molecule has 0 bridgehead atoms. The Morgan fingerprint density at radius 3 is 2.46 bits per heavy atom. The zero-order chi connectivity index (χ0) is 16.7. The average Bonchev–Trinajstić information content (AvgIpc) is 3.03. The highest BCUT2D eigenvalue weighted by molar-refractivity contribution is 5.77. The maximum absolute atomic E-state index is 14.1. The molecule has 2 heterocycles. The quantitative estimate of drug-likeness (QED) is 0.785. The molecule has 8 heteroatoms. The van der Waals surface area contributed by atoms with Crippen LogP contribution >= 0.6 is 0 Å². The number of nitrogens with one attached hydrogen (secondary N) is 1. The Morgan fingerprint density at radius 1 is 0.958 bits per heavy atom. The maximum Gasteiger partial charge on any atom is 0.248 e. The molecule has 0 saturated carbocycles. The third-order valence-corrected chi connectivity index (χ3v) is 3.76. The van der Waals surface area contributed by atoms with Gasteiger partial charge in [-0.2, -0.15) is 4.68 Å². The van der Waals surface area contributed by atoms with Crippen molar-refractivity contribution in [1.29, 1.82) is 0 Å². The number of hydrogen-bond acceptors (Lipinski definition) is 4. The lowest BCUT2D eigenvalue weighted by atomic mass is 10.0. The number of benzene rings is 2. The lowest BCUT2D eigenvalue weighted by molar-refractivity contribution is 0.574. The minimum atomic E-state index is -0.701. The van der Waals surface area contributed by atoms with Crippen LogP contribution in [0.3, 0.4) is 0 Å². The van der Waals surface area contributed by atoms with Crippen LogP contribution in [0.5, 0.6) is 0 Å². The van der Waals surface area contributed by atoms with Crippen molar-refractivity contribution in [1.82, 2.24) is 20.2 Å². The van der Waals surface area contributed by atoms with Crippen molar-refractivity contribution in [2.45, 2.75) is 6.04 Å². The fraction of sp³-hybridized carbons (Fsp3) is 0.0625. The van der Waals surface area contributed by atoms with Gasteiger partial charge in [-0.15, -0.1) is 0 Å². The number of hydrogen-bond donors (Lipinski definition) is 1. The Morgan fingerprint density at radius 2 is 1.71 bits per heavy atom. The number of nitrogens with zero attached hydrogens (tertiary/aromatic N) is 4. The van der Waals surface area contributed by atoms with Crippen molar-refractivity contribution in [2.24, 2.45) is 0 Å². The summed E-state index contributed by atoms with van der Waals surface area (Å²) in [7, 11) is 0. The molecule has 0 amide bonds. The van der Waals surface area contributed by atoms with Crippen LogP contribution in [0.25, 0.3) is 5.70 Å². The van der Waals surface area contributed by atoms with Crippen LogP contribution in [0.15, 0.2) is 48.5 Å². The predicted octanol–water partition coefficient (Wildman–Crippen LogP) is 3.15. The van der Waals surface area contributed by atoms with Gasteiger partial charge < -0.3 is 5.32 Å². The van der Waals surface area contributed by atoms with Gasteiger partial charge in [0.25, 0.3) is 0 Å². The van der Waals surface area contributed by atoms with Crippen molar-refractivity contribution < 1.29 is 13.2 Å². The van der Waals surface area contributed by atoms with E-state index in [1.54, 1.807) is 18.2 Å². The fourth-order valence-electron chi connectivity index (χ4n) is 2.62. The van der Waals surface area contributed by atoms with E-state index in [1.807, 2.05) is 0 Å². The molecule has 1 atom stereocenters. The van der Waals surface area contributed by atoms with Gasteiger partial charge >= 0.3 is 0 Å². The molecule has 0 fully saturated rings. The Balaban J connectivity index is 1.82. The largest absolute Gasteiger partial charge is 0.323 e. The number of allylic oxidation sites excluding steroid dienone is 1. The maximum atomic E-state index is 14.1. The topological polar surface area (TPSA) is 55.6 Å². The lowest BCUT2D eigenvalue weighted by Crippen LogP contribution is -2.20. The van der Waals surface area contributed by atoms with Crippen molar-refractivity contribution in [2.75, 3.05) is 5.32 Å². The number of anilines is 1. The van der Waals surface area contributed by atoms with Crippen molar-refractivity contribution in [3.63, 3.8) is 0 Å². The number of halogens is 3. The van der Waals surface area contributed by atoms with Gasteiger partial charge in [0.1, 0.15) is 23.5 Å². The molecule has 0 radical (unpaired) electrons. The van der Waals surface area contributed by atoms with Gasteiger partial charge in [-0.25, -0.2) is 13.2 Å². The van der Waals surface area contributed by atoms with Gasteiger partial charge in [-0.3, -0.25) is 0 Å². The molecule has 0 spiro atoms. The average molecular weight is 329 g/mol. The number of aromatic nitrogens is 4. The molecule has 1 aliphatic heterocycles. The molecule has 0 aliphatic carbocycles. The summed E-state index contributed by atoms with van der Waals surface area (Å²) >= 11 is 0. The van der Waals surface area contributed by atoms with Crippen LogP contribution in [-0.2, 0) is 0 Å². The molecular formula is C16H10F3N5. The molecule has 24 heavy (non-hydrogen) atoms. The first-order valence-corrected chi connectivity index (χ1v) is 7.09. The zero-order valence-corrected chi connectivity index (χ0v) is 12.1. The first-order valence-electron chi connectivity index (χ1n) is 7.09. The van der Waals surface area contributed by atoms with Crippen LogP contribution in [0, 0.1) is 17.5 Å². The zero-order valence-electron chi connectivity index (χ0n) is 12.1. The van der Waals surface area contributed by atoms with E-state index >= 15 is 0 Å². The Kier molecular flexibility index (Phi) is 3.30. The molecule has 1 aromatic heterocycles. The summed E-state index contributed by atoms with van der Waals surface area (Å²) in [5.41, 5.74) is 1.33. The van der Waals surface area contributed by atoms with Crippen LogP contribution in [-0.4, -0.2) is 20.2 Å². The second-order valence-electron chi connectivity index (χ2n) is 5.27. The molecule has 0 saturated heterocycles. The molecule has 1 unspecified atom stereocenters. The molecule has 4 rings (SSSR count). The van der Waals surface area contributed by atoms with Gasteiger partial charge in [-0.1, -0.05) is 17.2 Å². The summed E-state index contributed by atoms with van der Waals surface area (Å²) < 4.78 is 41.9. The molecular weight excluding hydrogens is 319 g/mol. The van der Waals surface area contributed by atoms with E-state index in [9.17, 15) is 13.2 Å². The first kappa shape index (κ1) is 14.4. The van der Waals surface area contributed by atoms with Gasteiger partial charge in [0.05, 0.1) is 0 Å². The van der Waals surface area contributed by atoms with Gasteiger partial charge in [0, 0.05) is 17.3 Å². The van der Waals surface area contributed by atoms with E-state index in [-0.39, 0.29) is 11.4 Å². The summed E-state index contributed by atoms with van der Waals surface area (Å²) in [4.78, 5) is 0. The van der Waals surface area contributed by atoms with Crippen LogP contribution in [0.2, 0.25) is 0 Å². The summed E-state index contributed by atoms with van der Waals surface area (Å²) in [6, 6.07) is 8.73. The van der Waals surface area contributed by atoms with Crippen LogP contribution < -0.4 is 5.32 Å². The Labute approximate surface area is 134 Å². The molecule has 120 valence electrons. The van der Waals surface area contributed by atoms with E-state index in [0.29, 0.717) is 11.6 Å². The second-order valence-corrected chi connectivity index (χ2v) is 5.27. The first-order chi connectivity index (χ1) is 11.6. The smallest absolute Gasteiger partial charge is 0.248 e. The van der Waals surface area contributed by atoms with E-state index in [4.69, 9.17) is 0 Å². The van der Waals surface area contributed by atoms with E-state index < -0.39 is 17.7 Å². The third-order valence-electron chi connectivity index (χ3n) is 3.76. The highest BCUT2D eigenvalue weighted by atomic mass is 19.1. The number of rotatable bonds is 2. The van der Waals surface area contributed by atoms with E-state index in [2.05, 4.69) is 20.8 Å². The molecule has 2 aromatic carbocycles. The SMILES string of the molecule is Fc1ccc(C2C=C(c3ccc(F)cc3F)Nc3nnnn32)cc1. The summed E-state index contributed by atoms with van der Waals surface area (Å²) in [5.74, 6) is -1.41. The van der Waals surface area contributed by atoms with Crippen molar-refractivity contribution in [3.05, 3.63) is 77.1 Å². The number of fused-ring (bicyclic) bond motifs is 1. The summed E-state index contributed by atoms with van der Waals surface area (Å²) in [6.07, 6.45) is 1.70. The summed E-state index contributed by atoms with van der Waals surface area (Å²) in [5, 5.41) is 14.3. The minimum Gasteiger partial charge on any atom is -0.323 e. The predicted molar refractivity (Wildman–Crippen MR) is 80.3 cm³/mol. The monoisotopic (exact) mass is 329 g/mol. The highest BCUT2D eigenvalue weighted by Crippen LogP contribution is 2.32. The highest BCUT2D eigenvalue weighted by Gasteiger charge is 2.25. The standard InChI is InChI=1S/C16H10F3N5/c17-10-3-1-9(2-4-10)15-8-14(20-16-21-22-23-24(15)16)12-6-5-11(18)7-13(12)19/h1-8,15H,(H,20,21,23). The molecule has 1 aliphatic rings. The Hall–Kier alpha value is -3.16. The minimum absolute atomic E-state index is 0.192. The van der Waals surface area contributed by atoms with E-state index in [0.717, 1.165) is 11.6 Å². The van der Waals surface area contributed by atoms with Crippen LogP contribution in [0.4, 0.5) is 19.1 Å². The van der Waals surface area contributed by atoms with Crippen molar-refractivity contribution >= 4 is 11.6 Å². The van der Waals surface area contributed by atoms with Gasteiger partial charge in [0.2, 0.25) is 5.95 Å². The lowest BCUT2D eigenvalue weighted by Gasteiger charge is -2.23. The fourth-order valence-corrected chi connectivity index (χ4v) is 2.62. The van der Waals surface area contributed by atoms with E-state index in [1.165, 1.54) is 28.9 Å². The van der Waals surface area contributed by atoms with Gasteiger partial charge in [-0.05, 0) is 46.3 Å². The summed E-state index contributed by atoms with van der Waals surface area (Å²) in [6.45, 7) is 0. The van der Waals surface area contributed by atoms with Crippen molar-refractivity contribution in [3.8, 4) is 0 Å². The van der Waals surface area contributed by atoms with Gasteiger partial charge in [0.15, 0.2) is 0 Å². The van der Waals surface area contributed by atoms with Crippen LogP contribution in [0.1, 0.15) is 17.2 Å². The third kappa shape index (κ3) is 2.41. The Bertz CT molecular complexity index is 933.